The highest BCUT2D eigenvalue weighted by atomic mass is 35.5. The summed E-state index contributed by atoms with van der Waals surface area (Å²) in [5.74, 6) is 0.874. The Kier molecular flexibility index (Phi) is 6.25. The molecule has 23 heavy (non-hydrogen) atoms. The number of nitrogens with one attached hydrogen (secondary N) is 2. The zero-order valence-corrected chi connectivity index (χ0v) is 15.1. The molecule has 122 valence electrons. The van der Waals surface area contributed by atoms with E-state index in [9.17, 15) is 0 Å². The van der Waals surface area contributed by atoms with Gasteiger partial charge in [0.05, 0.1) is 12.6 Å². The number of rotatable bonds is 5. The predicted octanol–water partition coefficient (Wildman–Crippen LogP) is 5.09. The molecule has 0 saturated carbocycles. The highest BCUT2D eigenvalue weighted by molar-refractivity contribution is 7.80. The first-order chi connectivity index (χ1) is 11.0. The number of hydrogen-bond donors (Lipinski definition) is 2. The molecule has 2 aromatic rings. The number of benzene rings is 2. The van der Waals surface area contributed by atoms with Crippen molar-refractivity contribution in [1.29, 1.82) is 0 Å². The second-order valence-corrected chi connectivity index (χ2v) is 6.10. The van der Waals surface area contributed by atoms with Gasteiger partial charge in [0.1, 0.15) is 5.75 Å². The molecule has 2 N–H and O–H groups in total. The van der Waals surface area contributed by atoms with Crippen molar-refractivity contribution in [3.63, 3.8) is 0 Å². The molecule has 2 aromatic carbocycles. The summed E-state index contributed by atoms with van der Waals surface area (Å²) in [6.07, 6.45) is 0. The molecule has 0 saturated heterocycles. The number of anilines is 1. The van der Waals surface area contributed by atoms with Gasteiger partial charge in [0.15, 0.2) is 5.11 Å². The maximum atomic E-state index is 6.12. The van der Waals surface area contributed by atoms with Crippen LogP contribution in [0, 0.1) is 6.92 Å². The van der Waals surface area contributed by atoms with Gasteiger partial charge in [-0.3, -0.25) is 0 Å². The van der Waals surface area contributed by atoms with Crippen molar-refractivity contribution in [3.05, 3.63) is 58.6 Å². The third-order valence-corrected chi connectivity index (χ3v) is 4.10. The van der Waals surface area contributed by atoms with Gasteiger partial charge in [-0.1, -0.05) is 29.8 Å². The summed E-state index contributed by atoms with van der Waals surface area (Å²) < 4.78 is 5.45. The van der Waals surface area contributed by atoms with E-state index in [4.69, 9.17) is 28.6 Å². The Morgan fingerprint density at radius 2 is 1.91 bits per heavy atom. The van der Waals surface area contributed by atoms with Crippen LogP contribution in [0.15, 0.2) is 42.5 Å². The Bertz CT molecular complexity index is 673. The van der Waals surface area contributed by atoms with Crippen molar-refractivity contribution < 1.29 is 4.74 Å². The molecule has 0 radical (unpaired) electrons. The first kappa shape index (κ1) is 17.6. The molecule has 0 amide bonds. The van der Waals surface area contributed by atoms with Crippen LogP contribution in [0.4, 0.5) is 5.69 Å². The fraction of sp³-hybridized carbons (Fsp3) is 0.278. The molecule has 0 spiro atoms. The van der Waals surface area contributed by atoms with E-state index in [1.807, 2.05) is 56.3 Å². The van der Waals surface area contributed by atoms with E-state index >= 15 is 0 Å². The average molecular weight is 349 g/mol. The molecule has 0 heterocycles. The lowest BCUT2D eigenvalue weighted by atomic mass is 10.1. The molecule has 0 aliphatic heterocycles. The van der Waals surface area contributed by atoms with E-state index in [-0.39, 0.29) is 6.04 Å². The van der Waals surface area contributed by atoms with E-state index in [2.05, 4.69) is 17.6 Å². The quantitative estimate of drug-likeness (QED) is 0.737. The minimum Gasteiger partial charge on any atom is -0.494 e. The molecule has 0 bridgehead atoms. The van der Waals surface area contributed by atoms with Crippen LogP contribution in [0.1, 0.15) is 31.0 Å². The van der Waals surface area contributed by atoms with Crippen LogP contribution in [-0.2, 0) is 0 Å². The molecule has 3 nitrogen and oxygen atoms in total. The van der Waals surface area contributed by atoms with Gasteiger partial charge in [0.25, 0.3) is 0 Å². The Hall–Kier alpha value is -1.78. The minimum atomic E-state index is 0.0894. The maximum Gasteiger partial charge on any atom is 0.171 e. The molecule has 0 aliphatic carbocycles. The van der Waals surface area contributed by atoms with Gasteiger partial charge < -0.3 is 15.4 Å². The molecule has 0 aliphatic rings. The summed E-state index contributed by atoms with van der Waals surface area (Å²) in [5, 5.41) is 7.70. The van der Waals surface area contributed by atoms with Crippen molar-refractivity contribution in [2.24, 2.45) is 0 Å². The van der Waals surface area contributed by atoms with Gasteiger partial charge in [-0.15, -0.1) is 0 Å². The lowest BCUT2D eigenvalue weighted by Crippen LogP contribution is -2.30. The topological polar surface area (TPSA) is 33.3 Å². The van der Waals surface area contributed by atoms with Crippen LogP contribution in [0.5, 0.6) is 5.75 Å². The van der Waals surface area contributed by atoms with Crippen molar-refractivity contribution >= 4 is 34.6 Å². The van der Waals surface area contributed by atoms with Crippen molar-refractivity contribution in [1.82, 2.24) is 5.32 Å². The molecule has 2 rings (SSSR count). The average Bonchev–Trinajstić information content (AvgIpc) is 2.52. The second-order valence-electron chi connectivity index (χ2n) is 5.29. The Labute approximate surface area is 148 Å². The van der Waals surface area contributed by atoms with Gasteiger partial charge in [-0.2, -0.15) is 0 Å². The normalized spacial score (nSPS) is 11.7. The summed E-state index contributed by atoms with van der Waals surface area (Å²) in [6, 6.07) is 13.9. The summed E-state index contributed by atoms with van der Waals surface area (Å²) in [4.78, 5) is 0. The van der Waals surface area contributed by atoms with Crippen molar-refractivity contribution in [2.45, 2.75) is 26.8 Å². The van der Waals surface area contributed by atoms with E-state index in [0.29, 0.717) is 11.7 Å². The van der Waals surface area contributed by atoms with E-state index in [0.717, 1.165) is 27.6 Å². The van der Waals surface area contributed by atoms with E-state index < -0.39 is 0 Å². The van der Waals surface area contributed by atoms with Crippen LogP contribution in [-0.4, -0.2) is 11.7 Å². The standard InChI is InChI=1S/C18H21ClN2OS/c1-4-22-16-9-6-14(7-10-16)13(3)20-18(23)21-15-8-5-12(2)17(19)11-15/h5-11,13H,4H2,1-3H3,(H2,20,21,23). The van der Waals surface area contributed by atoms with Crippen molar-refractivity contribution in [3.8, 4) is 5.75 Å². The van der Waals surface area contributed by atoms with Crippen LogP contribution in [0.3, 0.4) is 0 Å². The van der Waals surface area contributed by atoms with Crippen molar-refractivity contribution in [2.75, 3.05) is 11.9 Å². The van der Waals surface area contributed by atoms with Gasteiger partial charge in [-0.05, 0) is 68.4 Å². The van der Waals surface area contributed by atoms with Gasteiger partial charge >= 0.3 is 0 Å². The summed E-state index contributed by atoms with van der Waals surface area (Å²) in [6.45, 7) is 6.67. The lowest BCUT2D eigenvalue weighted by molar-refractivity contribution is 0.340. The molecule has 0 fully saturated rings. The number of aryl methyl sites for hydroxylation is 1. The van der Waals surface area contributed by atoms with Gasteiger partial charge in [-0.25, -0.2) is 0 Å². The minimum absolute atomic E-state index is 0.0894. The molecule has 1 unspecified atom stereocenters. The number of hydrogen-bond acceptors (Lipinski definition) is 2. The first-order valence-electron chi connectivity index (χ1n) is 7.56. The second kappa shape index (κ2) is 8.18. The fourth-order valence-corrected chi connectivity index (χ4v) is 2.61. The van der Waals surface area contributed by atoms with Crippen LogP contribution in [0.2, 0.25) is 5.02 Å². The molecule has 1 atom stereocenters. The molecular formula is C18H21ClN2OS. The monoisotopic (exact) mass is 348 g/mol. The first-order valence-corrected chi connectivity index (χ1v) is 8.34. The molecular weight excluding hydrogens is 328 g/mol. The number of thiocarbonyl (C=S) groups is 1. The van der Waals surface area contributed by atoms with E-state index in [1.54, 1.807) is 0 Å². The maximum absolute atomic E-state index is 6.12. The molecule has 0 aromatic heterocycles. The fourth-order valence-electron chi connectivity index (χ4n) is 2.14. The van der Waals surface area contributed by atoms with Crippen LogP contribution < -0.4 is 15.4 Å². The smallest absolute Gasteiger partial charge is 0.171 e. The Morgan fingerprint density at radius 1 is 1.22 bits per heavy atom. The SMILES string of the molecule is CCOc1ccc(C(C)NC(=S)Nc2ccc(C)c(Cl)c2)cc1. The van der Waals surface area contributed by atoms with E-state index in [1.165, 1.54) is 0 Å². The van der Waals surface area contributed by atoms with Gasteiger partial charge in [0, 0.05) is 10.7 Å². The highest BCUT2D eigenvalue weighted by Crippen LogP contribution is 2.21. The summed E-state index contributed by atoms with van der Waals surface area (Å²) in [5.41, 5.74) is 3.05. The Balaban J connectivity index is 1.94. The third kappa shape index (κ3) is 5.12. The predicted molar refractivity (Wildman–Crippen MR) is 102 cm³/mol. The Morgan fingerprint density at radius 3 is 2.52 bits per heavy atom. The third-order valence-electron chi connectivity index (χ3n) is 3.47. The highest BCUT2D eigenvalue weighted by Gasteiger charge is 2.08. The molecule has 5 heteroatoms. The summed E-state index contributed by atoms with van der Waals surface area (Å²) in [7, 11) is 0. The summed E-state index contributed by atoms with van der Waals surface area (Å²) >= 11 is 11.5. The number of halogens is 1. The largest absolute Gasteiger partial charge is 0.494 e. The lowest BCUT2D eigenvalue weighted by Gasteiger charge is -2.18. The zero-order chi connectivity index (χ0) is 16.8. The van der Waals surface area contributed by atoms with Crippen LogP contribution in [0.25, 0.3) is 0 Å². The zero-order valence-electron chi connectivity index (χ0n) is 13.5. The van der Waals surface area contributed by atoms with Crippen LogP contribution >= 0.6 is 23.8 Å². The van der Waals surface area contributed by atoms with Gasteiger partial charge in [0.2, 0.25) is 0 Å². The number of ether oxygens (including phenoxy) is 1.